The molecule has 1 aliphatic rings. The number of hydrogen-bond acceptors (Lipinski definition) is 3. The molecule has 3 unspecified atom stereocenters. The number of thiophene rings is 1. The van der Waals surface area contributed by atoms with Gasteiger partial charge in [-0.2, -0.15) is 0 Å². The number of nitrogens with zero attached hydrogens (tertiary/aromatic N) is 1. The standard InChI is InChI=1S/C18H32N2S/c1-6-17-11-19-16(9-13(2)3)12-20(17)14(4)10-18-8-7-15(5)21-18/h7-8,13-14,16-17,19H,6,9-12H2,1-5H3. The van der Waals surface area contributed by atoms with E-state index in [4.69, 9.17) is 0 Å². The van der Waals surface area contributed by atoms with Crippen LogP contribution in [-0.2, 0) is 6.42 Å². The minimum absolute atomic E-state index is 0.643. The number of rotatable bonds is 6. The van der Waals surface area contributed by atoms with Gasteiger partial charge in [0.15, 0.2) is 0 Å². The molecule has 1 aromatic rings. The van der Waals surface area contributed by atoms with Gasteiger partial charge in [-0.1, -0.05) is 20.8 Å². The third kappa shape index (κ3) is 4.80. The van der Waals surface area contributed by atoms with Crippen LogP contribution in [0.15, 0.2) is 12.1 Å². The first-order valence-corrected chi connectivity index (χ1v) is 9.35. The normalized spacial score (nSPS) is 25.4. The van der Waals surface area contributed by atoms with Crippen molar-refractivity contribution < 1.29 is 0 Å². The fraction of sp³-hybridized carbons (Fsp3) is 0.778. The largest absolute Gasteiger partial charge is 0.311 e. The Morgan fingerprint density at radius 2 is 2.10 bits per heavy atom. The highest BCUT2D eigenvalue weighted by Crippen LogP contribution is 2.23. The van der Waals surface area contributed by atoms with Crippen LogP contribution in [0, 0.1) is 12.8 Å². The summed E-state index contributed by atoms with van der Waals surface area (Å²) in [6.07, 6.45) is 3.73. The van der Waals surface area contributed by atoms with Gasteiger partial charge in [0, 0.05) is 41.0 Å². The monoisotopic (exact) mass is 308 g/mol. The van der Waals surface area contributed by atoms with Gasteiger partial charge in [0.1, 0.15) is 0 Å². The molecule has 0 bridgehead atoms. The molecule has 1 aromatic heterocycles. The molecule has 0 radical (unpaired) electrons. The maximum atomic E-state index is 3.77. The Labute approximate surface area is 134 Å². The smallest absolute Gasteiger partial charge is 0.0221 e. The highest BCUT2D eigenvalue weighted by atomic mass is 32.1. The lowest BCUT2D eigenvalue weighted by molar-refractivity contribution is 0.0808. The summed E-state index contributed by atoms with van der Waals surface area (Å²) in [6, 6.07) is 6.57. The molecule has 120 valence electrons. The molecule has 2 heterocycles. The number of aryl methyl sites for hydroxylation is 1. The highest BCUT2D eigenvalue weighted by molar-refractivity contribution is 7.11. The Balaban J connectivity index is 1.98. The zero-order valence-corrected chi connectivity index (χ0v) is 15.2. The molecular weight excluding hydrogens is 276 g/mol. The highest BCUT2D eigenvalue weighted by Gasteiger charge is 2.30. The summed E-state index contributed by atoms with van der Waals surface area (Å²) < 4.78 is 0. The molecule has 3 atom stereocenters. The molecule has 21 heavy (non-hydrogen) atoms. The summed E-state index contributed by atoms with van der Waals surface area (Å²) >= 11 is 1.96. The van der Waals surface area contributed by atoms with Crippen LogP contribution >= 0.6 is 11.3 Å². The third-order valence-electron chi connectivity index (χ3n) is 4.63. The van der Waals surface area contributed by atoms with Gasteiger partial charge in [0.2, 0.25) is 0 Å². The second-order valence-electron chi connectivity index (χ2n) is 7.06. The number of hydrogen-bond donors (Lipinski definition) is 1. The number of nitrogens with one attached hydrogen (secondary N) is 1. The van der Waals surface area contributed by atoms with E-state index in [1.54, 1.807) is 0 Å². The number of piperazine rings is 1. The summed E-state index contributed by atoms with van der Waals surface area (Å²) in [5, 5.41) is 3.77. The summed E-state index contributed by atoms with van der Waals surface area (Å²) in [4.78, 5) is 5.73. The van der Waals surface area contributed by atoms with E-state index in [2.05, 4.69) is 57.0 Å². The van der Waals surface area contributed by atoms with Crippen molar-refractivity contribution in [1.29, 1.82) is 0 Å². The first kappa shape index (κ1) is 17.0. The predicted octanol–water partition coefficient (Wildman–Crippen LogP) is 4.09. The van der Waals surface area contributed by atoms with Gasteiger partial charge in [-0.25, -0.2) is 0 Å². The van der Waals surface area contributed by atoms with E-state index in [1.165, 1.54) is 35.6 Å². The Morgan fingerprint density at radius 3 is 2.67 bits per heavy atom. The average Bonchev–Trinajstić information content (AvgIpc) is 2.83. The lowest BCUT2D eigenvalue weighted by atomic mass is 9.97. The molecule has 2 rings (SSSR count). The molecule has 1 N–H and O–H groups in total. The first-order valence-electron chi connectivity index (χ1n) is 8.54. The van der Waals surface area contributed by atoms with E-state index in [-0.39, 0.29) is 0 Å². The molecule has 3 heteroatoms. The Morgan fingerprint density at radius 1 is 1.33 bits per heavy atom. The first-order chi connectivity index (χ1) is 9.99. The van der Waals surface area contributed by atoms with Crippen LogP contribution in [0.4, 0.5) is 0 Å². The van der Waals surface area contributed by atoms with Gasteiger partial charge >= 0.3 is 0 Å². The SMILES string of the molecule is CCC1CNC(CC(C)C)CN1C(C)Cc1ccc(C)s1. The van der Waals surface area contributed by atoms with Crippen LogP contribution in [0.5, 0.6) is 0 Å². The van der Waals surface area contributed by atoms with Crippen LogP contribution in [-0.4, -0.2) is 36.1 Å². The Kier molecular flexibility index (Phi) is 6.27. The van der Waals surface area contributed by atoms with Gasteiger partial charge in [0.25, 0.3) is 0 Å². The zero-order valence-electron chi connectivity index (χ0n) is 14.4. The van der Waals surface area contributed by atoms with E-state index in [9.17, 15) is 0 Å². The molecule has 1 aliphatic heterocycles. The molecular formula is C18H32N2S. The van der Waals surface area contributed by atoms with Crippen LogP contribution < -0.4 is 5.32 Å². The molecule has 0 saturated carbocycles. The summed E-state index contributed by atoms with van der Waals surface area (Å²) in [5.41, 5.74) is 0. The quantitative estimate of drug-likeness (QED) is 0.851. The van der Waals surface area contributed by atoms with Crippen LogP contribution in [0.1, 0.15) is 50.3 Å². The van der Waals surface area contributed by atoms with Crippen molar-refractivity contribution in [2.75, 3.05) is 13.1 Å². The van der Waals surface area contributed by atoms with Crippen molar-refractivity contribution in [1.82, 2.24) is 10.2 Å². The van der Waals surface area contributed by atoms with Crippen molar-refractivity contribution >= 4 is 11.3 Å². The van der Waals surface area contributed by atoms with E-state index in [1.807, 2.05) is 11.3 Å². The van der Waals surface area contributed by atoms with Crippen molar-refractivity contribution in [3.05, 3.63) is 21.9 Å². The van der Waals surface area contributed by atoms with Gasteiger partial charge in [-0.15, -0.1) is 11.3 Å². The fourth-order valence-electron chi connectivity index (χ4n) is 3.54. The van der Waals surface area contributed by atoms with Gasteiger partial charge in [-0.05, 0) is 51.2 Å². The maximum absolute atomic E-state index is 3.77. The van der Waals surface area contributed by atoms with E-state index < -0.39 is 0 Å². The molecule has 0 aromatic carbocycles. The molecule has 1 saturated heterocycles. The van der Waals surface area contributed by atoms with Crippen molar-refractivity contribution in [2.24, 2.45) is 5.92 Å². The summed E-state index contributed by atoms with van der Waals surface area (Å²) in [7, 11) is 0. The van der Waals surface area contributed by atoms with E-state index in [0.29, 0.717) is 18.1 Å². The second-order valence-corrected chi connectivity index (χ2v) is 8.43. The van der Waals surface area contributed by atoms with Crippen LogP contribution in [0.2, 0.25) is 0 Å². The topological polar surface area (TPSA) is 15.3 Å². The minimum Gasteiger partial charge on any atom is -0.311 e. The van der Waals surface area contributed by atoms with Gasteiger partial charge in [0.05, 0.1) is 0 Å². The Hall–Kier alpha value is -0.380. The van der Waals surface area contributed by atoms with E-state index in [0.717, 1.165) is 12.5 Å². The lowest BCUT2D eigenvalue weighted by Gasteiger charge is -2.44. The molecule has 0 amide bonds. The van der Waals surface area contributed by atoms with Crippen LogP contribution in [0.25, 0.3) is 0 Å². The molecule has 2 nitrogen and oxygen atoms in total. The Bertz CT molecular complexity index is 427. The summed E-state index contributed by atoms with van der Waals surface area (Å²) in [5.74, 6) is 0.776. The third-order valence-corrected chi connectivity index (χ3v) is 5.65. The van der Waals surface area contributed by atoms with E-state index >= 15 is 0 Å². The molecule has 0 spiro atoms. The second kappa shape index (κ2) is 7.75. The average molecular weight is 309 g/mol. The van der Waals surface area contributed by atoms with Crippen molar-refractivity contribution in [2.45, 2.75) is 72.0 Å². The lowest BCUT2D eigenvalue weighted by Crippen LogP contribution is -2.59. The zero-order chi connectivity index (χ0) is 15.4. The van der Waals surface area contributed by atoms with Crippen LogP contribution in [0.3, 0.4) is 0 Å². The van der Waals surface area contributed by atoms with Crippen molar-refractivity contribution in [3.8, 4) is 0 Å². The van der Waals surface area contributed by atoms with Gasteiger partial charge in [-0.3, -0.25) is 4.90 Å². The maximum Gasteiger partial charge on any atom is 0.0221 e. The minimum atomic E-state index is 0.643. The molecule has 0 aliphatic carbocycles. The molecule has 1 fully saturated rings. The van der Waals surface area contributed by atoms with Crippen molar-refractivity contribution in [3.63, 3.8) is 0 Å². The fourth-order valence-corrected chi connectivity index (χ4v) is 4.55. The van der Waals surface area contributed by atoms with Gasteiger partial charge < -0.3 is 5.32 Å². The predicted molar refractivity (Wildman–Crippen MR) is 94.3 cm³/mol. The summed E-state index contributed by atoms with van der Waals surface area (Å²) in [6.45, 7) is 14.0.